The Kier molecular flexibility index (Phi) is 8.43. The van der Waals surface area contributed by atoms with E-state index in [1.807, 2.05) is 17.1 Å². The maximum Gasteiger partial charge on any atom is 0.417 e. The molecule has 9 nitrogen and oxygen atoms in total. The zero-order chi connectivity index (χ0) is 30.1. The zero-order valence-electron chi connectivity index (χ0n) is 23.2. The molecule has 14 heteroatoms. The molecule has 1 N–H and O–H groups in total. The highest BCUT2D eigenvalue weighted by atomic mass is 35.5. The van der Waals surface area contributed by atoms with E-state index < -0.39 is 11.7 Å². The number of rotatable bonds is 6. The van der Waals surface area contributed by atoms with Gasteiger partial charge in [0.2, 0.25) is 5.91 Å². The van der Waals surface area contributed by atoms with Crippen molar-refractivity contribution >= 4 is 46.3 Å². The molecule has 2 fully saturated rings. The number of halogens is 5. The van der Waals surface area contributed by atoms with Crippen LogP contribution in [0.5, 0.6) is 0 Å². The van der Waals surface area contributed by atoms with Gasteiger partial charge in [0.15, 0.2) is 0 Å². The van der Waals surface area contributed by atoms with Crippen LogP contribution in [0.15, 0.2) is 54.6 Å². The second-order valence-electron chi connectivity index (χ2n) is 10.6. The van der Waals surface area contributed by atoms with E-state index in [4.69, 9.17) is 32.9 Å². The number of aromatic nitrogens is 3. The molecule has 1 atom stereocenters. The van der Waals surface area contributed by atoms with Crippen LogP contribution in [0.4, 0.5) is 24.7 Å². The number of allylic oxidation sites excluding steroid dienone is 3. The first-order valence-electron chi connectivity index (χ1n) is 14.0. The van der Waals surface area contributed by atoms with Crippen molar-refractivity contribution < 1.29 is 22.7 Å². The lowest BCUT2D eigenvalue weighted by atomic mass is 9.95. The largest absolute Gasteiger partial charge is 0.417 e. The summed E-state index contributed by atoms with van der Waals surface area (Å²) in [5.41, 5.74) is 1.95. The highest BCUT2D eigenvalue weighted by molar-refractivity contribution is 6.38. The van der Waals surface area contributed by atoms with E-state index in [2.05, 4.69) is 21.3 Å². The summed E-state index contributed by atoms with van der Waals surface area (Å²) in [6.45, 7) is 4.78. The number of ether oxygens (including phenoxy) is 1. The third-order valence-corrected chi connectivity index (χ3v) is 8.52. The topological polar surface area (TPSA) is 78.2 Å². The zero-order valence-corrected chi connectivity index (χ0v) is 24.7. The summed E-state index contributed by atoms with van der Waals surface area (Å²) in [6, 6.07) is 2.38. The number of imidazole rings is 1. The van der Waals surface area contributed by atoms with E-state index in [-0.39, 0.29) is 18.4 Å². The number of hydrogen-bond acceptors (Lipinski definition) is 7. The Morgan fingerprint density at radius 1 is 1.02 bits per heavy atom. The molecule has 2 aliphatic heterocycles. The van der Waals surface area contributed by atoms with Crippen LogP contribution in [0.1, 0.15) is 23.6 Å². The summed E-state index contributed by atoms with van der Waals surface area (Å²) in [5, 5.41) is 4.02. The molecule has 0 saturated carbocycles. The Labute approximate surface area is 256 Å². The number of morpholine rings is 1. The van der Waals surface area contributed by atoms with Gasteiger partial charge in [-0.2, -0.15) is 13.2 Å². The van der Waals surface area contributed by atoms with Gasteiger partial charge in [-0.1, -0.05) is 35.4 Å². The fourth-order valence-corrected chi connectivity index (χ4v) is 6.29. The molecule has 0 radical (unpaired) electrons. The van der Waals surface area contributed by atoms with Gasteiger partial charge in [-0.25, -0.2) is 4.98 Å². The predicted molar refractivity (Wildman–Crippen MR) is 159 cm³/mol. The van der Waals surface area contributed by atoms with Gasteiger partial charge in [0.25, 0.3) is 0 Å². The van der Waals surface area contributed by atoms with Gasteiger partial charge in [-0.05, 0) is 24.6 Å². The minimum atomic E-state index is -4.52. The monoisotopic (exact) mass is 635 g/mol. The SMILES string of the molecule is O=C(CNc1c(C2C=CC(N3CCOCC3)=CC2)nc2ccc(C(F)(F)F)cn12)N1CCN(c2c(Cl)cncc2Cl)CC1. The summed E-state index contributed by atoms with van der Waals surface area (Å²) >= 11 is 12.6. The van der Waals surface area contributed by atoms with Crippen molar-refractivity contribution in [3.05, 3.63) is 76.0 Å². The molecule has 0 aromatic carbocycles. The van der Waals surface area contributed by atoms with Gasteiger partial charge in [0, 0.05) is 69.5 Å². The summed E-state index contributed by atoms with van der Waals surface area (Å²) < 4.78 is 47.7. The fraction of sp³-hybridized carbons (Fsp3) is 0.414. The molecule has 1 aliphatic carbocycles. The van der Waals surface area contributed by atoms with Crippen LogP contribution in [-0.2, 0) is 15.7 Å². The van der Waals surface area contributed by atoms with Crippen LogP contribution in [0, 0.1) is 0 Å². The van der Waals surface area contributed by atoms with Crippen molar-refractivity contribution in [3.63, 3.8) is 0 Å². The quantitative estimate of drug-likeness (QED) is 0.405. The third-order valence-electron chi connectivity index (χ3n) is 7.96. The maximum atomic E-state index is 13.6. The summed E-state index contributed by atoms with van der Waals surface area (Å²) in [6.07, 6.45) is 6.37. The van der Waals surface area contributed by atoms with E-state index in [1.54, 1.807) is 4.90 Å². The Morgan fingerprint density at radius 3 is 2.40 bits per heavy atom. The Morgan fingerprint density at radius 2 is 1.74 bits per heavy atom. The smallest absolute Gasteiger partial charge is 0.378 e. The molecule has 0 spiro atoms. The van der Waals surface area contributed by atoms with Crippen molar-refractivity contribution in [2.45, 2.75) is 18.5 Å². The lowest BCUT2D eigenvalue weighted by molar-refractivity contribution is -0.138. The summed E-state index contributed by atoms with van der Waals surface area (Å²) in [4.78, 5) is 28.0. The maximum absolute atomic E-state index is 13.6. The standard InChI is InChI=1S/C29H30Cl2F3N7O2/c30-22-15-35-16-23(31)27(22)40-9-7-39(8-10-40)25(42)17-36-28-26(37-24-6-3-20(18-41(24)28)29(32,33)34)19-1-4-21(5-2-19)38-11-13-43-14-12-38/h1,3-6,15-16,18-19,36H,2,7-14,17H2. The minimum absolute atomic E-state index is 0.0981. The number of carbonyl (C=O) groups excluding carboxylic acids is 1. The molecule has 1 unspecified atom stereocenters. The van der Waals surface area contributed by atoms with Crippen molar-refractivity contribution in [2.75, 3.05) is 69.2 Å². The molecule has 5 heterocycles. The highest BCUT2D eigenvalue weighted by Gasteiger charge is 2.32. The summed E-state index contributed by atoms with van der Waals surface area (Å²) in [5.74, 6) is 0.0319. The number of fused-ring (bicyclic) bond motifs is 1. The number of pyridine rings is 2. The van der Waals surface area contributed by atoms with E-state index in [0.717, 1.165) is 31.0 Å². The van der Waals surface area contributed by atoms with E-state index >= 15 is 0 Å². The second-order valence-corrected chi connectivity index (χ2v) is 11.4. The Bertz CT molecular complexity index is 1540. The molecule has 1 amide bonds. The Balaban J connectivity index is 1.19. The van der Waals surface area contributed by atoms with Crippen molar-refractivity contribution in [2.24, 2.45) is 0 Å². The lowest BCUT2D eigenvalue weighted by Crippen LogP contribution is -2.50. The average Bonchev–Trinajstić information content (AvgIpc) is 3.38. The first-order chi connectivity index (χ1) is 20.7. The number of piperazine rings is 1. The summed E-state index contributed by atoms with van der Waals surface area (Å²) in [7, 11) is 0. The first-order valence-corrected chi connectivity index (χ1v) is 14.8. The lowest BCUT2D eigenvalue weighted by Gasteiger charge is -2.36. The minimum Gasteiger partial charge on any atom is -0.378 e. The first kappa shape index (κ1) is 29.6. The molecular formula is C29H30Cl2F3N7O2. The van der Waals surface area contributed by atoms with Crippen molar-refractivity contribution in [1.82, 2.24) is 24.2 Å². The van der Waals surface area contributed by atoms with Crippen LogP contribution in [0.3, 0.4) is 0 Å². The van der Waals surface area contributed by atoms with Gasteiger partial charge in [-0.15, -0.1) is 0 Å². The average molecular weight is 637 g/mol. The van der Waals surface area contributed by atoms with Gasteiger partial charge in [0.1, 0.15) is 11.5 Å². The van der Waals surface area contributed by atoms with Crippen LogP contribution in [0.2, 0.25) is 10.0 Å². The van der Waals surface area contributed by atoms with Gasteiger partial charge in [-0.3, -0.25) is 14.2 Å². The molecule has 228 valence electrons. The van der Waals surface area contributed by atoms with Gasteiger partial charge < -0.3 is 24.8 Å². The van der Waals surface area contributed by atoms with E-state index in [9.17, 15) is 18.0 Å². The van der Waals surface area contributed by atoms with Crippen LogP contribution in [-0.4, -0.2) is 89.1 Å². The normalized spacial score (nSPS) is 19.6. The number of alkyl halides is 3. The van der Waals surface area contributed by atoms with Crippen molar-refractivity contribution in [3.8, 4) is 0 Å². The van der Waals surface area contributed by atoms with Crippen LogP contribution in [0.25, 0.3) is 5.65 Å². The molecule has 6 rings (SSSR count). The number of carbonyl (C=O) groups is 1. The number of nitrogens with zero attached hydrogens (tertiary/aromatic N) is 6. The number of anilines is 2. The molecular weight excluding hydrogens is 606 g/mol. The van der Waals surface area contributed by atoms with Crippen molar-refractivity contribution in [1.29, 1.82) is 0 Å². The number of amides is 1. The van der Waals surface area contributed by atoms with Gasteiger partial charge in [0.05, 0.1) is 46.7 Å². The fourth-order valence-electron chi connectivity index (χ4n) is 5.69. The molecule has 0 bridgehead atoms. The Hall–Kier alpha value is -3.48. The molecule has 43 heavy (non-hydrogen) atoms. The molecule has 3 aromatic heterocycles. The molecule has 3 aliphatic rings. The highest BCUT2D eigenvalue weighted by Crippen LogP contribution is 2.36. The van der Waals surface area contributed by atoms with E-state index in [1.165, 1.54) is 22.9 Å². The molecule has 2 saturated heterocycles. The predicted octanol–water partition coefficient (Wildman–Crippen LogP) is 5.08. The second kappa shape index (κ2) is 12.3. The third kappa shape index (κ3) is 6.27. The van der Waals surface area contributed by atoms with Crippen LogP contribution >= 0.6 is 23.2 Å². The van der Waals surface area contributed by atoms with E-state index in [0.29, 0.717) is 78.7 Å². The molecule has 3 aromatic rings. The van der Waals surface area contributed by atoms with Gasteiger partial charge >= 0.3 is 6.18 Å². The number of nitrogens with one attached hydrogen (secondary N) is 1. The number of hydrogen-bond donors (Lipinski definition) is 1. The van der Waals surface area contributed by atoms with Crippen LogP contribution < -0.4 is 10.2 Å².